The number of H-pyrrole nitrogens is 1. The number of nitrogens with zero attached hydrogens (tertiary/aromatic N) is 3. The van der Waals surface area contributed by atoms with E-state index in [-0.39, 0.29) is 22.5 Å². The third-order valence-electron chi connectivity index (χ3n) is 5.05. The van der Waals surface area contributed by atoms with Crippen molar-refractivity contribution in [1.82, 2.24) is 20.2 Å². The predicted molar refractivity (Wildman–Crippen MR) is 132 cm³/mol. The second-order valence-corrected chi connectivity index (χ2v) is 10.1. The van der Waals surface area contributed by atoms with Crippen molar-refractivity contribution >= 4 is 38.9 Å². The second-order valence-electron chi connectivity index (χ2n) is 7.72. The van der Waals surface area contributed by atoms with Gasteiger partial charge in [0.25, 0.3) is 0 Å². The molecule has 0 aliphatic rings. The molecule has 176 valence electrons. The number of sulfone groups is 1. The van der Waals surface area contributed by atoms with E-state index in [2.05, 4.69) is 30.8 Å². The highest BCUT2D eigenvalue weighted by molar-refractivity contribution is 7.90. The number of nitrogens with one attached hydrogen (secondary N) is 3. The van der Waals surface area contributed by atoms with Crippen LogP contribution in [0.5, 0.6) is 0 Å². The molecule has 0 fully saturated rings. The van der Waals surface area contributed by atoms with Crippen LogP contribution in [-0.4, -0.2) is 46.6 Å². The zero-order valence-electron chi connectivity index (χ0n) is 18.4. The lowest BCUT2D eigenvalue weighted by Gasteiger charge is -2.19. The van der Waals surface area contributed by atoms with E-state index in [0.29, 0.717) is 22.8 Å². The van der Waals surface area contributed by atoms with Crippen molar-refractivity contribution < 1.29 is 13.5 Å². The molecule has 0 aliphatic heterocycles. The Labute approximate surface area is 202 Å². The molecule has 2 aromatic heterocycles. The van der Waals surface area contributed by atoms with Crippen molar-refractivity contribution in [3.05, 3.63) is 77.1 Å². The Morgan fingerprint density at radius 2 is 1.91 bits per heavy atom. The van der Waals surface area contributed by atoms with E-state index in [4.69, 9.17) is 11.6 Å². The lowest BCUT2D eigenvalue weighted by atomic mass is 10.1. The zero-order valence-corrected chi connectivity index (χ0v) is 20.0. The number of aromatic amines is 1. The van der Waals surface area contributed by atoms with Gasteiger partial charge in [-0.3, -0.25) is 5.10 Å². The summed E-state index contributed by atoms with van der Waals surface area (Å²) in [5, 5.41) is 23.7. The maximum Gasteiger partial charge on any atom is 0.229 e. The van der Waals surface area contributed by atoms with Gasteiger partial charge >= 0.3 is 0 Å². The second kappa shape index (κ2) is 9.80. The van der Waals surface area contributed by atoms with Gasteiger partial charge in [0.15, 0.2) is 9.84 Å². The molecular formula is C23H23ClN6O3S. The van der Waals surface area contributed by atoms with E-state index < -0.39 is 15.9 Å². The minimum Gasteiger partial charge on any atom is -0.394 e. The van der Waals surface area contributed by atoms with Crippen molar-refractivity contribution in [3.63, 3.8) is 0 Å². The molecule has 11 heteroatoms. The minimum absolute atomic E-state index is 0.0425. The van der Waals surface area contributed by atoms with Crippen LogP contribution in [0.1, 0.15) is 17.3 Å². The molecule has 2 heterocycles. The molecule has 2 aromatic carbocycles. The summed E-state index contributed by atoms with van der Waals surface area (Å²) in [5.74, 6) is 0.720. The van der Waals surface area contributed by atoms with Crippen LogP contribution in [0.2, 0.25) is 5.02 Å². The lowest BCUT2D eigenvalue weighted by Crippen LogP contribution is -2.17. The number of hydrogen-bond donors (Lipinski definition) is 4. The van der Waals surface area contributed by atoms with Crippen LogP contribution in [0, 0.1) is 6.92 Å². The molecule has 34 heavy (non-hydrogen) atoms. The van der Waals surface area contributed by atoms with E-state index >= 15 is 0 Å². The molecule has 0 saturated heterocycles. The molecule has 0 radical (unpaired) electrons. The molecule has 0 bridgehead atoms. The van der Waals surface area contributed by atoms with Crippen molar-refractivity contribution in [3.8, 4) is 11.3 Å². The first-order valence-electron chi connectivity index (χ1n) is 10.3. The number of aliphatic hydroxyl groups excluding tert-OH is 1. The fraction of sp³-hybridized carbons (Fsp3) is 0.174. The number of aromatic nitrogens is 4. The topological polar surface area (TPSA) is 133 Å². The Morgan fingerprint density at radius 3 is 2.53 bits per heavy atom. The molecule has 0 unspecified atom stereocenters. The van der Waals surface area contributed by atoms with Gasteiger partial charge in [-0.2, -0.15) is 10.1 Å². The van der Waals surface area contributed by atoms with Gasteiger partial charge in [-0.25, -0.2) is 13.4 Å². The smallest absolute Gasteiger partial charge is 0.229 e. The predicted octanol–water partition coefficient (Wildman–Crippen LogP) is 4.12. The quantitative estimate of drug-likeness (QED) is 0.285. The molecule has 0 aliphatic carbocycles. The van der Waals surface area contributed by atoms with Gasteiger partial charge in [0.05, 0.1) is 33.8 Å². The third kappa shape index (κ3) is 5.36. The van der Waals surface area contributed by atoms with Gasteiger partial charge in [0.1, 0.15) is 5.82 Å². The van der Waals surface area contributed by atoms with Gasteiger partial charge in [0, 0.05) is 23.8 Å². The van der Waals surface area contributed by atoms with Crippen LogP contribution >= 0.6 is 11.6 Å². The molecule has 0 amide bonds. The van der Waals surface area contributed by atoms with Gasteiger partial charge in [-0.15, -0.1) is 0 Å². The summed E-state index contributed by atoms with van der Waals surface area (Å²) >= 11 is 6.16. The highest BCUT2D eigenvalue weighted by Crippen LogP contribution is 2.31. The largest absolute Gasteiger partial charge is 0.394 e. The Hall–Kier alpha value is -3.47. The Bertz CT molecular complexity index is 1410. The summed E-state index contributed by atoms with van der Waals surface area (Å²) in [6.07, 6.45) is 2.72. The Balaban J connectivity index is 1.69. The maximum atomic E-state index is 11.8. The van der Waals surface area contributed by atoms with Crippen LogP contribution < -0.4 is 10.6 Å². The average Bonchev–Trinajstić information content (AvgIpc) is 3.23. The SMILES string of the molecule is Cc1cc(-c2cnc(Nc3ccc(S(C)(=O)=O)c(Cl)c3)nc2N[C@H](CO)c2ccccc2)n[nH]1. The van der Waals surface area contributed by atoms with Crippen molar-refractivity contribution in [2.24, 2.45) is 0 Å². The number of hydrogen-bond acceptors (Lipinski definition) is 8. The molecule has 9 nitrogen and oxygen atoms in total. The molecule has 4 rings (SSSR count). The Morgan fingerprint density at radius 1 is 1.15 bits per heavy atom. The molecular weight excluding hydrogens is 476 g/mol. The van der Waals surface area contributed by atoms with Crippen LogP contribution in [-0.2, 0) is 9.84 Å². The van der Waals surface area contributed by atoms with E-state index in [1.54, 1.807) is 12.3 Å². The number of rotatable bonds is 8. The van der Waals surface area contributed by atoms with Gasteiger partial charge in [0.2, 0.25) is 5.95 Å². The van der Waals surface area contributed by atoms with E-state index in [9.17, 15) is 13.5 Å². The van der Waals surface area contributed by atoms with Gasteiger partial charge in [-0.05, 0) is 36.8 Å². The first kappa shape index (κ1) is 23.7. The van der Waals surface area contributed by atoms with Crippen LogP contribution in [0.15, 0.2) is 65.7 Å². The number of anilines is 3. The highest BCUT2D eigenvalue weighted by Gasteiger charge is 2.18. The maximum absolute atomic E-state index is 11.8. The third-order valence-corrected chi connectivity index (χ3v) is 6.63. The molecule has 1 atom stereocenters. The normalized spacial score (nSPS) is 12.4. The first-order valence-corrected chi connectivity index (χ1v) is 12.6. The summed E-state index contributed by atoms with van der Waals surface area (Å²) in [7, 11) is -3.44. The highest BCUT2D eigenvalue weighted by atomic mass is 35.5. The van der Waals surface area contributed by atoms with E-state index in [1.807, 2.05) is 43.3 Å². The summed E-state index contributed by atoms with van der Waals surface area (Å²) in [4.78, 5) is 9.04. The summed E-state index contributed by atoms with van der Waals surface area (Å²) in [5.41, 5.74) is 3.59. The van der Waals surface area contributed by atoms with Crippen molar-refractivity contribution in [2.75, 3.05) is 23.5 Å². The van der Waals surface area contributed by atoms with Crippen molar-refractivity contribution in [2.45, 2.75) is 17.9 Å². The first-order chi connectivity index (χ1) is 16.2. The molecule has 4 aromatic rings. The van der Waals surface area contributed by atoms with Gasteiger partial charge in [-0.1, -0.05) is 41.9 Å². The monoisotopic (exact) mass is 498 g/mol. The standard InChI is InChI=1S/C23H23ClN6O3S/c1-14-10-19(30-29-14)17-12-25-23(26-16-8-9-21(18(24)11-16)34(2,32)33)28-22(17)27-20(13-31)15-6-4-3-5-7-15/h3-12,20,31H,13H2,1-2H3,(H,29,30)(H2,25,26,27,28)/t20-/m1/s1. The number of halogens is 1. The van der Waals surface area contributed by atoms with E-state index in [1.165, 1.54) is 12.1 Å². The Kier molecular flexibility index (Phi) is 6.82. The van der Waals surface area contributed by atoms with Crippen LogP contribution in [0.3, 0.4) is 0 Å². The minimum atomic E-state index is -3.44. The lowest BCUT2D eigenvalue weighted by molar-refractivity contribution is 0.276. The van der Waals surface area contributed by atoms with Gasteiger partial charge < -0.3 is 15.7 Å². The number of aliphatic hydroxyl groups is 1. The van der Waals surface area contributed by atoms with Crippen LogP contribution in [0.4, 0.5) is 17.5 Å². The van der Waals surface area contributed by atoms with Crippen molar-refractivity contribution in [1.29, 1.82) is 0 Å². The van der Waals surface area contributed by atoms with Crippen LogP contribution in [0.25, 0.3) is 11.3 Å². The zero-order chi connectivity index (χ0) is 24.3. The summed E-state index contributed by atoms with van der Waals surface area (Å²) in [6.45, 7) is 1.74. The molecule has 0 spiro atoms. The summed E-state index contributed by atoms with van der Waals surface area (Å²) < 4.78 is 23.6. The average molecular weight is 499 g/mol. The fourth-order valence-corrected chi connectivity index (χ4v) is 4.72. The molecule has 0 saturated carbocycles. The molecule has 4 N–H and O–H groups in total. The summed E-state index contributed by atoms with van der Waals surface area (Å²) in [6, 6.07) is 15.5. The van der Waals surface area contributed by atoms with E-state index in [0.717, 1.165) is 17.5 Å². The number of benzene rings is 2. The fourth-order valence-electron chi connectivity index (χ4n) is 3.39. The number of aryl methyl sites for hydroxylation is 1.